The van der Waals surface area contributed by atoms with E-state index in [1.165, 1.54) is 21.9 Å². The third-order valence-electron chi connectivity index (χ3n) is 5.48. The Kier molecular flexibility index (Phi) is 5.78. The van der Waals surface area contributed by atoms with Gasteiger partial charge in [0.05, 0.1) is 9.82 Å². The highest BCUT2D eigenvalue weighted by Gasteiger charge is 2.32. The summed E-state index contributed by atoms with van der Waals surface area (Å²) in [7, 11) is -3.75. The number of hydrogen-bond donors (Lipinski definition) is 2. The van der Waals surface area contributed by atoms with Gasteiger partial charge < -0.3 is 4.90 Å². The predicted octanol–water partition coefficient (Wildman–Crippen LogP) is 2.38. The zero-order valence-corrected chi connectivity index (χ0v) is 17.7. The highest BCUT2D eigenvalue weighted by Crippen LogP contribution is 2.32. The molecule has 0 aromatic heterocycles. The Labute approximate surface area is 183 Å². The van der Waals surface area contributed by atoms with Crippen molar-refractivity contribution in [2.45, 2.75) is 4.90 Å². The number of anilines is 1. The number of carbonyl (C=O) groups excluding carboxylic acids is 1. The van der Waals surface area contributed by atoms with Crippen LogP contribution in [-0.4, -0.2) is 54.9 Å². The minimum absolute atomic E-state index is 0.0554. The van der Waals surface area contributed by atoms with E-state index in [0.717, 1.165) is 11.5 Å². The summed E-state index contributed by atoms with van der Waals surface area (Å²) in [6.45, 7) is 0.802. The number of hydroxylamine groups is 1. The molecule has 0 unspecified atom stereocenters. The smallest absolute Gasteiger partial charge is 0.293 e. The van der Waals surface area contributed by atoms with Gasteiger partial charge in [-0.1, -0.05) is 36.4 Å². The summed E-state index contributed by atoms with van der Waals surface area (Å²) in [4.78, 5) is 24.5. The molecule has 3 aromatic rings. The summed E-state index contributed by atoms with van der Waals surface area (Å²) >= 11 is 0. The molecule has 0 radical (unpaired) electrons. The zero-order valence-electron chi connectivity index (χ0n) is 16.8. The average molecular weight is 456 g/mol. The molecule has 11 heteroatoms. The third-order valence-corrected chi connectivity index (χ3v) is 7.44. The van der Waals surface area contributed by atoms with Crippen molar-refractivity contribution in [1.82, 2.24) is 9.79 Å². The number of hydrogen-bond acceptors (Lipinski definition) is 7. The number of benzene rings is 3. The summed E-state index contributed by atoms with van der Waals surface area (Å²) in [6.07, 6.45) is 0. The zero-order chi connectivity index (χ0) is 22.9. The van der Waals surface area contributed by atoms with E-state index in [1.54, 1.807) is 29.2 Å². The third kappa shape index (κ3) is 3.88. The molecule has 1 fully saturated rings. The minimum atomic E-state index is -3.75. The summed E-state index contributed by atoms with van der Waals surface area (Å²) in [5, 5.41) is 21.8. The first-order valence-corrected chi connectivity index (χ1v) is 11.2. The van der Waals surface area contributed by atoms with E-state index >= 15 is 0 Å². The van der Waals surface area contributed by atoms with Crippen molar-refractivity contribution < 1.29 is 23.3 Å². The largest absolute Gasteiger partial charge is 0.363 e. The normalized spacial score (nSPS) is 15.0. The van der Waals surface area contributed by atoms with Gasteiger partial charge in [0.1, 0.15) is 5.69 Å². The second-order valence-corrected chi connectivity index (χ2v) is 9.18. The Hall–Kier alpha value is -3.54. The SMILES string of the molecule is O=C(NO)c1ccc(N2CCN(S(=O)(=O)c3cccc4ccccc34)CC2)c([N+](=O)[O-])c1. The van der Waals surface area contributed by atoms with Crippen LogP contribution < -0.4 is 10.4 Å². The van der Waals surface area contributed by atoms with Crippen LogP contribution in [0.1, 0.15) is 10.4 Å². The van der Waals surface area contributed by atoms with E-state index in [0.29, 0.717) is 5.39 Å². The lowest BCUT2D eigenvalue weighted by atomic mass is 10.1. The maximum absolute atomic E-state index is 13.3. The van der Waals surface area contributed by atoms with Crippen LogP contribution in [0.15, 0.2) is 65.6 Å². The molecule has 0 saturated carbocycles. The van der Waals surface area contributed by atoms with Gasteiger partial charge >= 0.3 is 0 Å². The molecule has 0 atom stereocenters. The number of sulfonamides is 1. The van der Waals surface area contributed by atoms with Crippen LogP contribution in [0, 0.1) is 10.1 Å². The van der Waals surface area contributed by atoms with Gasteiger partial charge in [0.25, 0.3) is 11.6 Å². The van der Waals surface area contributed by atoms with Crippen LogP contribution in [0.4, 0.5) is 11.4 Å². The second-order valence-electron chi connectivity index (χ2n) is 7.27. The summed E-state index contributed by atoms with van der Waals surface area (Å²) in [5.74, 6) is -0.856. The van der Waals surface area contributed by atoms with Gasteiger partial charge in [-0.15, -0.1) is 0 Å². The molecule has 1 heterocycles. The summed E-state index contributed by atoms with van der Waals surface area (Å²) in [5.41, 5.74) is 1.38. The van der Waals surface area contributed by atoms with Crippen LogP contribution in [0.3, 0.4) is 0 Å². The highest BCUT2D eigenvalue weighted by molar-refractivity contribution is 7.89. The van der Waals surface area contributed by atoms with Crippen LogP contribution in [-0.2, 0) is 10.0 Å². The van der Waals surface area contributed by atoms with Crippen LogP contribution in [0.5, 0.6) is 0 Å². The molecular formula is C21H20N4O6S. The van der Waals surface area contributed by atoms with Crippen molar-refractivity contribution in [2.24, 2.45) is 0 Å². The number of nitro groups is 1. The molecule has 2 N–H and O–H groups in total. The maximum atomic E-state index is 13.3. The number of rotatable bonds is 5. The van der Waals surface area contributed by atoms with Gasteiger partial charge in [-0.2, -0.15) is 4.31 Å². The number of piperazine rings is 1. The van der Waals surface area contributed by atoms with Gasteiger partial charge in [-0.05, 0) is 23.6 Å². The Morgan fingerprint density at radius 3 is 2.38 bits per heavy atom. The molecule has 1 aliphatic rings. The molecule has 0 bridgehead atoms. The van der Waals surface area contributed by atoms with E-state index in [9.17, 15) is 23.3 Å². The fourth-order valence-electron chi connectivity index (χ4n) is 3.87. The Morgan fingerprint density at radius 1 is 1.00 bits per heavy atom. The molecule has 10 nitrogen and oxygen atoms in total. The van der Waals surface area contributed by atoms with Crippen molar-refractivity contribution >= 4 is 38.1 Å². The molecule has 3 aromatic carbocycles. The van der Waals surface area contributed by atoms with Crippen molar-refractivity contribution in [3.63, 3.8) is 0 Å². The van der Waals surface area contributed by atoms with Crippen molar-refractivity contribution in [3.8, 4) is 0 Å². The Bertz CT molecular complexity index is 1300. The molecule has 32 heavy (non-hydrogen) atoms. The molecule has 4 rings (SSSR count). The lowest BCUT2D eigenvalue weighted by molar-refractivity contribution is -0.384. The van der Waals surface area contributed by atoms with E-state index in [1.807, 2.05) is 18.2 Å². The summed E-state index contributed by atoms with van der Waals surface area (Å²) < 4.78 is 28.0. The molecule has 0 aliphatic carbocycles. The number of nitro benzene ring substituents is 1. The van der Waals surface area contributed by atoms with Gasteiger partial charge in [0.2, 0.25) is 10.0 Å². The molecule has 1 amide bonds. The van der Waals surface area contributed by atoms with Crippen LogP contribution in [0.25, 0.3) is 10.8 Å². The fraction of sp³-hybridized carbons (Fsp3) is 0.190. The number of amides is 1. The minimum Gasteiger partial charge on any atom is -0.363 e. The fourth-order valence-corrected chi connectivity index (χ4v) is 5.51. The van der Waals surface area contributed by atoms with Crippen molar-refractivity contribution in [3.05, 3.63) is 76.3 Å². The number of carbonyl (C=O) groups is 1. The summed E-state index contributed by atoms with van der Waals surface area (Å²) in [6, 6.07) is 16.3. The first kappa shape index (κ1) is 21.7. The first-order chi connectivity index (χ1) is 15.3. The molecule has 1 aliphatic heterocycles. The average Bonchev–Trinajstić information content (AvgIpc) is 2.82. The second kappa shape index (κ2) is 8.54. The molecule has 1 saturated heterocycles. The van der Waals surface area contributed by atoms with Crippen molar-refractivity contribution in [1.29, 1.82) is 0 Å². The lowest BCUT2D eigenvalue weighted by Crippen LogP contribution is -2.48. The van der Waals surface area contributed by atoms with Gasteiger partial charge in [-0.3, -0.25) is 20.1 Å². The van der Waals surface area contributed by atoms with E-state index in [2.05, 4.69) is 0 Å². The van der Waals surface area contributed by atoms with Gasteiger partial charge in [0, 0.05) is 43.2 Å². The first-order valence-electron chi connectivity index (χ1n) is 9.78. The lowest BCUT2D eigenvalue weighted by Gasteiger charge is -2.35. The molecule has 166 valence electrons. The van der Waals surface area contributed by atoms with Crippen LogP contribution in [0.2, 0.25) is 0 Å². The Balaban J connectivity index is 1.58. The van der Waals surface area contributed by atoms with Gasteiger partial charge in [-0.25, -0.2) is 13.9 Å². The van der Waals surface area contributed by atoms with E-state index in [4.69, 9.17) is 5.21 Å². The molecule has 0 spiro atoms. The maximum Gasteiger partial charge on any atom is 0.293 e. The number of nitrogens with zero attached hydrogens (tertiary/aromatic N) is 3. The van der Waals surface area contributed by atoms with E-state index in [-0.39, 0.29) is 48.0 Å². The Morgan fingerprint density at radius 2 is 1.69 bits per heavy atom. The standard InChI is InChI=1S/C21H20N4O6S/c26-21(22-27)16-8-9-18(19(14-16)25(28)29)23-10-12-24(13-11-23)32(30,31)20-7-3-5-15-4-1-2-6-17(15)20/h1-9,14,27H,10-13H2,(H,22,26). The predicted molar refractivity (Wildman–Crippen MR) is 117 cm³/mol. The highest BCUT2D eigenvalue weighted by atomic mass is 32.2. The van der Waals surface area contributed by atoms with Crippen molar-refractivity contribution in [2.75, 3.05) is 31.1 Å². The monoisotopic (exact) mass is 456 g/mol. The topological polar surface area (TPSA) is 133 Å². The van der Waals surface area contributed by atoms with E-state index < -0.39 is 20.9 Å². The quantitative estimate of drug-likeness (QED) is 0.342. The van der Waals surface area contributed by atoms with Crippen LogP contribution >= 0.6 is 0 Å². The van der Waals surface area contributed by atoms with Gasteiger partial charge in [0.15, 0.2) is 0 Å². The molecular weight excluding hydrogens is 436 g/mol. The number of nitrogens with one attached hydrogen (secondary N) is 1. The number of fused-ring (bicyclic) bond motifs is 1.